The van der Waals surface area contributed by atoms with Crippen LogP contribution >= 0.6 is 0 Å². The molecule has 2 aromatic carbocycles. The second-order valence-corrected chi connectivity index (χ2v) is 9.26. The summed E-state index contributed by atoms with van der Waals surface area (Å²) in [4.78, 5) is 14.5. The van der Waals surface area contributed by atoms with E-state index in [1.165, 1.54) is 38.5 Å². The Bertz CT molecular complexity index is 757. The molecule has 0 aromatic heterocycles. The zero-order chi connectivity index (χ0) is 22.5. The third-order valence-corrected chi connectivity index (χ3v) is 5.75. The number of hydrogen-bond donors (Lipinski definition) is 0. The lowest BCUT2D eigenvalue weighted by atomic mass is 9.95. The van der Waals surface area contributed by atoms with Gasteiger partial charge in [0.25, 0.3) is 0 Å². The zero-order valence-electron chi connectivity index (χ0n) is 20.0. The molecule has 2 rings (SSSR count). The second kappa shape index (κ2) is 13.9. The highest BCUT2D eigenvalue weighted by molar-refractivity contribution is 5.96. The molecule has 0 heterocycles. The van der Waals surface area contributed by atoms with Crippen LogP contribution in [0.25, 0.3) is 0 Å². The molecule has 0 aliphatic heterocycles. The fourth-order valence-corrected chi connectivity index (χ4v) is 3.90. The zero-order valence-corrected chi connectivity index (χ0v) is 20.0. The lowest BCUT2D eigenvalue weighted by Gasteiger charge is -2.22. The van der Waals surface area contributed by atoms with E-state index in [0.717, 1.165) is 41.6 Å². The highest BCUT2D eigenvalue weighted by Crippen LogP contribution is 2.27. The normalized spacial score (nSPS) is 12.0. The summed E-state index contributed by atoms with van der Waals surface area (Å²) in [6.07, 6.45) is 9.58. The van der Waals surface area contributed by atoms with E-state index >= 15 is 0 Å². The molecule has 0 spiro atoms. The topological polar surface area (TPSA) is 29.5 Å². The molecule has 1 unspecified atom stereocenters. The van der Waals surface area contributed by atoms with Crippen LogP contribution in [-0.2, 0) is 4.74 Å². The van der Waals surface area contributed by atoms with Gasteiger partial charge in [-0.05, 0) is 55.0 Å². The molecule has 0 N–H and O–H groups in total. The number of carbonyl (C=O) groups is 1. The third-order valence-electron chi connectivity index (χ3n) is 5.75. The van der Waals surface area contributed by atoms with Gasteiger partial charge in [0.1, 0.15) is 0 Å². The van der Waals surface area contributed by atoms with Crippen LogP contribution in [0.15, 0.2) is 54.6 Å². The molecule has 0 saturated heterocycles. The van der Waals surface area contributed by atoms with Crippen molar-refractivity contribution >= 4 is 17.5 Å². The first kappa shape index (κ1) is 25.0. The van der Waals surface area contributed by atoms with E-state index < -0.39 is 0 Å². The van der Waals surface area contributed by atoms with Crippen LogP contribution in [0.2, 0.25) is 0 Å². The Morgan fingerprint density at radius 3 is 2.19 bits per heavy atom. The molecular formula is C28H41NO2. The Kier molecular flexibility index (Phi) is 11.2. The number of para-hydroxylation sites is 1. The molecule has 0 radical (unpaired) electrons. The molecule has 170 valence electrons. The Morgan fingerprint density at radius 2 is 1.48 bits per heavy atom. The molecule has 2 aromatic rings. The van der Waals surface area contributed by atoms with E-state index in [1.54, 1.807) is 4.90 Å². The minimum Gasteiger partial charge on any atom is -0.449 e. The van der Waals surface area contributed by atoms with Gasteiger partial charge in [-0.15, -0.1) is 0 Å². The van der Waals surface area contributed by atoms with E-state index in [0.29, 0.717) is 6.61 Å². The van der Waals surface area contributed by atoms with Gasteiger partial charge in [-0.1, -0.05) is 96.0 Å². The van der Waals surface area contributed by atoms with Crippen molar-refractivity contribution in [1.82, 2.24) is 0 Å². The molecule has 1 amide bonds. The minimum absolute atomic E-state index is 0.310. The Morgan fingerprint density at radius 1 is 0.806 bits per heavy atom. The Labute approximate surface area is 189 Å². The number of hydrogen-bond acceptors (Lipinski definition) is 2. The number of anilines is 2. The molecule has 3 heteroatoms. The van der Waals surface area contributed by atoms with Crippen LogP contribution in [0.4, 0.5) is 16.2 Å². The molecule has 0 saturated carbocycles. The molecule has 0 bridgehead atoms. The number of ether oxygens (including phenoxy) is 1. The highest BCUT2D eigenvalue weighted by atomic mass is 16.6. The molecule has 1 atom stereocenters. The summed E-state index contributed by atoms with van der Waals surface area (Å²) in [5.74, 6) is 1.64. The van der Waals surface area contributed by atoms with Crippen molar-refractivity contribution in [2.24, 2.45) is 11.8 Å². The van der Waals surface area contributed by atoms with Crippen LogP contribution in [-0.4, -0.2) is 12.7 Å². The number of benzene rings is 2. The monoisotopic (exact) mass is 423 g/mol. The van der Waals surface area contributed by atoms with Crippen molar-refractivity contribution in [3.8, 4) is 0 Å². The lowest BCUT2D eigenvalue weighted by Crippen LogP contribution is -2.27. The lowest BCUT2D eigenvalue weighted by molar-refractivity contribution is 0.154. The van der Waals surface area contributed by atoms with Crippen molar-refractivity contribution in [3.05, 3.63) is 60.2 Å². The number of rotatable bonds is 13. The second-order valence-electron chi connectivity index (χ2n) is 9.26. The summed E-state index contributed by atoms with van der Waals surface area (Å²) >= 11 is 0. The van der Waals surface area contributed by atoms with Gasteiger partial charge in [-0.3, -0.25) is 0 Å². The van der Waals surface area contributed by atoms with Crippen LogP contribution < -0.4 is 4.90 Å². The van der Waals surface area contributed by atoms with Crippen LogP contribution in [0.5, 0.6) is 0 Å². The van der Waals surface area contributed by atoms with Crippen molar-refractivity contribution in [1.29, 1.82) is 0 Å². The van der Waals surface area contributed by atoms with Gasteiger partial charge in [-0.2, -0.15) is 0 Å². The molecule has 0 aliphatic rings. The maximum atomic E-state index is 12.9. The Balaban J connectivity index is 1.72. The van der Waals surface area contributed by atoms with Crippen molar-refractivity contribution in [3.63, 3.8) is 0 Å². The molecule has 0 aliphatic carbocycles. The number of unbranched alkanes of at least 4 members (excludes halogenated alkanes) is 3. The summed E-state index contributed by atoms with van der Waals surface area (Å²) in [5.41, 5.74) is 2.77. The highest BCUT2D eigenvalue weighted by Gasteiger charge is 2.19. The standard InChI is InChI=1S/C28H41NO2/c1-23(2)14-12-16-24(3)15-8-5-6-11-21-31-28(30)29(26-18-9-7-10-19-26)27-20-13-17-25(4)22-27/h7,9-10,13,17-20,22-24H,5-6,8,11-12,14-16,21H2,1-4H3. The Hall–Kier alpha value is -2.29. The van der Waals surface area contributed by atoms with Crippen molar-refractivity contribution < 1.29 is 9.53 Å². The predicted molar refractivity (Wildman–Crippen MR) is 132 cm³/mol. The fourth-order valence-electron chi connectivity index (χ4n) is 3.90. The first-order chi connectivity index (χ1) is 15.0. The number of amides is 1. The van der Waals surface area contributed by atoms with Gasteiger partial charge in [0.05, 0.1) is 18.0 Å². The largest absolute Gasteiger partial charge is 0.449 e. The number of nitrogens with zero attached hydrogens (tertiary/aromatic N) is 1. The summed E-state index contributed by atoms with van der Waals surface area (Å²) in [7, 11) is 0. The SMILES string of the molecule is Cc1cccc(N(C(=O)OCCCCCCC(C)CCCC(C)C)c2ccccc2)c1. The van der Waals surface area contributed by atoms with E-state index in [2.05, 4.69) is 20.8 Å². The fraction of sp³-hybridized carbons (Fsp3) is 0.536. The smallest absolute Gasteiger partial charge is 0.418 e. The molecule has 0 fully saturated rings. The first-order valence-electron chi connectivity index (χ1n) is 12.1. The maximum Gasteiger partial charge on any atom is 0.418 e. The van der Waals surface area contributed by atoms with Crippen LogP contribution in [0.3, 0.4) is 0 Å². The summed E-state index contributed by atoms with van der Waals surface area (Å²) < 4.78 is 5.64. The molecular weight excluding hydrogens is 382 g/mol. The van der Waals surface area contributed by atoms with E-state index in [1.807, 2.05) is 61.5 Å². The van der Waals surface area contributed by atoms with E-state index in [9.17, 15) is 4.79 Å². The van der Waals surface area contributed by atoms with Gasteiger partial charge >= 0.3 is 6.09 Å². The third kappa shape index (κ3) is 9.59. The van der Waals surface area contributed by atoms with E-state index in [-0.39, 0.29) is 6.09 Å². The minimum atomic E-state index is -0.310. The quantitative estimate of drug-likeness (QED) is 0.302. The molecule has 31 heavy (non-hydrogen) atoms. The first-order valence-corrected chi connectivity index (χ1v) is 12.1. The van der Waals surface area contributed by atoms with Gasteiger partial charge in [0.15, 0.2) is 0 Å². The van der Waals surface area contributed by atoms with Gasteiger partial charge in [-0.25, -0.2) is 9.69 Å². The predicted octanol–water partition coefficient (Wildman–Crippen LogP) is 8.68. The molecule has 3 nitrogen and oxygen atoms in total. The van der Waals surface area contributed by atoms with Gasteiger partial charge < -0.3 is 4.74 Å². The van der Waals surface area contributed by atoms with Crippen LogP contribution in [0, 0.1) is 18.8 Å². The number of carbonyl (C=O) groups excluding carboxylic acids is 1. The average molecular weight is 424 g/mol. The van der Waals surface area contributed by atoms with Crippen LogP contribution in [0.1, 0.15) is 77.7 Å². The number of aryl methyl sites for hydroxylation is 1. The summed E-state index contributed by atoms with van der Waals surface area (Å²) in [6, 6.07) is 17.7. The summed E-state index contributed by atoms with van der Waals surface area (Å²) in [5, 5.41) is 0. The average Bonchev–Trinajstić information content (AvgIpc) is 2.74. The van der Waals surface area contributed by atoms with E-state index in [4.69, 9.17) is 4.74 Å². The maximum absolute atomic E-state index is 12.9. The van der Waals surface area contributed by atoms with Crippen molar-refractivity contribution in [2.45, 2.75) is 79.1 Å². The summed E-state index contributed by atoms with van der Waals surface area (Å²) in [6.45, 7) is 9.49. The van der Waals surface area contributed by atoms with Crippen molar-refractivity contribution in [2.75, 3.05) is 11.5 Å². The van der Waals surface area contributed by atoms with Gasteiger partial charge in [0, 0.05) is 0 Å². The van der Waals surface area contributed by atoms with Gasteiger partial charge in [0.2, 0.25) is 0 Å².